The number of aromatic nitrogens is 2. The number of rotatable bonds is 6. The van der Waals surface area contributed by atoms with Gasteiger partial charge >= 0.3 is 0 Å². The molecule has 0 bridgehead atoms. The van der Waals surface area contributed by atoms with Crippen LogP contribution in [0.1, 0.15) is 43.2 Å². The Kier molecular flexibility index (Phi) is 7.86. The summed E-state index contributed by atoms with van der Waals surface area (Å²) in [5.74, 6) is -0.230. The van der Waals surface area contributed by atoms with Gasteiger partial charge in [-0.25, -0.2) is 0 Å². The number of amides is 3. The summed E-state index contributed by atoms with van der Waals surface area (Å²) in [7, 11) is 3.61. The molecule has 45 heavy (non-hydrogen) atoms. The summed E-state index contributed by atoms with van der Waals surface area (Å²) in [5, 5.41) is 5.63. The first-order chi connectivity index (χ1) is 21.6. The monoisotopic (exact) mass is 606 g/mol. The number of carbonyl (C=O) groups is 3. The highest BCUT2D eigenvalue weighted by Crippen LogP contribution is 2.36. The van der Waals surface area contributed by atoms with Gasteiger partial charge in [0.15, 0.2) is 0 Å². The van der Waals surface area contributed by atoms with Gasteiger partial charge in [0, 0.05) is 66.8 Å². The van der Waals surface area contributed by atoms with E-state index in [2.05, 4.69) is 25.5 Å². The Morgan fingerprint density at radius 1 is 0.956 bits per heavy atom. The molecule has 2 aliphatic rings. The molecule has 0 atom stereocenters. The van der Waals surface area contributed by atoms with Crippen LogP contribution in [0, 0.1) is 13.8 Å². The zero-order valence-electron chi connectivity index (χ0n) is 25.5. The number of hydrogen-bond donors (Lipinski definition) is 4. The summed E-state index contributed by atoms with van der Waals surface area (Å²) < 4.78 is 5.18. The lowest BCUT2D eigenvalue weighted by Crippen LogP contribution is -2.47. The number of nitrogens with one attached hydrogen (secondary N) is 4. The number of fused-ring (bicyclic) bond motifs is 1. The van der Waals surface area contributed by atoms with Crippen molar-refractivity contribution in [3.63, 3.8) is 0 Å². The lowest BCUT2D eigenvalue weighted by molar-refractivity contribution is -0.110. The third-order valence-corrected chi connectivity index (χ3v) is 8.42. The Balaban J connectivity index is 1.22. The Hall–Kier alpha value is -5.42. The summed E-state index contributed by atoms with van der Waals surface area (Å²) in [6.45, 7) is 6.76. The van der Waals surface area contributed by atoms with Crippen LogP contribution in [0.2, 0.25) is 0 Å². The van der Waals surface area contributed by atoms with Gasteiger partial charge in [0.2, 0.25) is 5.43 Å². The van der Waals surface area contributed by atoms with E-state index in [0.717, 1.165) is 24.3 Å². The van der Waals surface area contributed by atoms with Crippen LogP contribution in [0.3, 0.4) is 0 Å². The number of ether oxygens (including phenoxy) is 1. The van der Waals surface area contributed by atoms with Crippen LogP contribution >= 0.6 is 0 Å². The topological polar surface area (TPSA) is 140 Å². The van der Waals surface area contributed by atoms with Gasteiger partial charge in [-0.2, -0.15) is 0 Å². The van der Waals surface area contributed by atoms with Crippen LogP contribution in [0.5, 0.6) is 5.75 Å². The number of likely N-dealkylation sites (N-methyl/N-ethyl adjacent to an activating group) is 1. The normalized spacial score (nSPS) is 15.6. The Labute approximate surface area is 259 Å². The van der Waals surface area contributed by atoms with Gasteiger partial charge in [0.1, 0.15) is 11.3 Å². The van der Waals surface area contributed by atoms with Gasteiger partial charge in [-0.1, -0.05) is 18.2 Å². The van der Waals surface area contributed by atoms with Crippen molar-refractivity contribution in [3.05, 3.63) is 98.7 Å². The van der Waals surface area contributed by atoms with Crippen LogP contribution in [-0.2, 0) is 4.79 Å². The molecule has 3 amide bonds. The third kappa shape index (κ3) is 5.65. The molecule has 6 rings (SSSR count). The van der Waals surface area contributed by atoms with Crippen molar-refractivity contribution in [1.29, 1.82) is 0 Å². The molecule has 11 nitrogen and oxygen atoms in total. The minimum absolute atomic E-state index is 0.0102. The predicted octanol–water partition coefficient (Wildman–Crippen LogP) is 4.13. The molecule has 0 spiro atoms. The van der Waals surface area contributed by atoms with Crippen LogP contribution in [0.4, 0.5) is 11.4 Å². The molecule has 11 heteroatoms. The Bertz CT molecular complexity index is 1910. The molecular weight excluding hydrogens is 572 g/mol. The second kappa shape index (κ2) is 11.9. The van der Waals surface area contributed by atoms with E-state index in [-0.39, 0.29) is 17.4 Å². The number of benzene rings is 2. The average Bonchev–Trinajstić information content (AvgIpc) is 3.50. The number of aryl methyl sites for hydroxylation is 1. The lowest BCUT2D eigenvalue weighted by Gasteiger charge is -2.32. The number of piperazine rings is 1. The maximum Gasteiger partial charge on any atom is 0.261 e. The second-order valence-electron chi connectivity index (χ2n) is 11.3. The highest BCUT2D eigenvalue weighted by atomic mass is 16.5. The number of pyridine rings is 1. The highest BCUT2D eigenvalue weighted by molar-refractivity contribution is 6.35. The van der Waals surface area contributed by atoms with E-state index < -0.39 is 11.3 Å². The number of hydrogen-bond acceptors (Lipinski definition) is 6. The summed E-state index contributed by atoms with van der Waals surface area (Å²) >= 11 is 0. The van der Waals surface area contributed by atoms with Crippen molar-refractivity contribution in [2.24, 2.45) is 0 Å². The molecule has 4 N–H and O–H groups in total. The van der Waals surface area contributed by atoms with Crippen LogP contribution in [-0.4, -0.2) is 77.8 Å². The van der Waals surface area contributed by atoms with Crippen LogP contribution < -0.4 is 20.8 Å². The molecular formula is C34H34N6O5. The summed E-state index contributed by atoms with van der Waals surface area (Å²) in [6.07, 6.45) is 4.68. The third-order valence-electron chi connectivity index (χ3n) is 8.42. The lowest BCUT2D eigenvalue weighted by atomic mass is 10.0. The van der Waals surface area contributed by atoms with Crippen molar-refractivity contribution in [1.82, 2.24) is 19.8 Å². The molecule has 1 saturated heterocycles. The number of H-pyrrole nitrogens is 2. The van der Waals surface area contributed by atoms with Crippen molar-refractivity contribution < 1.29 is 19.1 Å². The smallest absolute Gasteiger partial charge is 0.261 e. The molecule has 0 aliphatic carbocycles. The molecule has 4 aromatic rings. The number of nitrogens with zero attached hydrogens (tertiary/aromatic N) is 2. The van der Waals surface area contributed by atoms with E-state index in [9.17, 15) is 19.2 Å². The minimum atomic E-state index is -0.582. The standard InChI is InChI=1S/C34H34N6O5/c1-19-28(36-20(2)30(19)34(44)40-13-11-39(3)12-14-40)16-25-24-10-7-22(15-29(24)38-32(25)42)37-33(43)27-18-35-17-26(31(27)41)21-5-8-23(45-4)9-6-21/h5-10,15-18,36H,11-14H2,1-4H3,(H,35,41)(H,37,43)(H,38,42)/b25-16-. The van der Waals surface area contributed by atoms with Crippen LogP contribution in [0.25, 0.3) is 22.8 Å². The van der Waals surface area contributed by atoms with Gasteiger partial charge in [0.25, 0.3) is 17.7 Å². The maximum atomic E-state index is 13.4. The van der Waals surface area contributed by atoms with Crippen molar-refractivity contribution in [3.8, 4) is 16.9 Å². The molecule has 2 aromatic heterocycles. The van der Waals surface area contributed by atoms with Gasteiger partial charge in [-0.15, -0.1) is 0 Å². The van der Waals surface area contributed by atoms with E-state index in [1.165, 1.54) is 6.20 Å². The molecule has 1 fully saturated rings. The van der Waals surface area contributed by atoms with Gasteiger partial charge in [-0.05, 0) is 62.4 Å². The summed E-state index contributed by atoms with van der Waals surface area (Å²) in [4.78, 5) is 63.0. The first kappa shape index (κ1) is 29.6. The van der Waals surface area contributed by atoms with Crippen molar-refractivity contribution in [2.75, 3.05) is 51.0 Å². The fourth-order valence-corrected chi connectivity index (χ4v) is 5.80. The van der Waals surface area contributed by atoms with E-state index >= 15 is 0 Å². The molecule has 2 aromatic carbocycles. The molecule has 0 unspecified atom stereocenters. The van der Waals surface area contributed by atoms with E-state index in [0.29, 0.717) is 63.7 Å². The molecule has 0 radical (unpaired) electrons. The predicted molar refractivity (Wildman–Crippen MR) is 174 cm³/mol. The number of carbonyl (C=O) groups excluding carboxylic acids is 3. The summed E-state index contributed by atoms with van der Waals surface area (Å²) in [6, 6.07) is 12.1. The molecule has 0 saturated carbocycles. The maximum absolute atomic E-state index is 13.4. The van der Waals surface area contributed by atoms with Gasteiger partial charge in [-0.3, -0.25) is 19.2 Å². The van der Waals surface area contributed by atoms with E-state index in [1.54, 1.807) is 61.8 Å². The first-order valence-electron chi connectivity index (χ1n) is 14.7. The highest BCUT2D eigenvalue weighted by Gasteiger charge is 2.28. The quantitative estimate of drug-likeness (QED) is 0.244. The zero-order chi connectivity index (χ0) is 31.8. The number of methoxy groups -OCH3 is 1. The fourth-order valence-electron chi connectivity index (χ4n) is 5.80. The average molecular weight is 607 g/mol. The van der Waals surface area contributed by atoms with Crippen LogP contribution in [0.15, 0.2) is 59.7 Å². The molecule has 4 heterocycles. The summed E-state index contributed by atoms with van der Waals surface area (Å²) in [5.41, 5.74) is 5.45. The largest absolute Gasteiger partial charge is 0.497 e. The van der Waals surface area contributed by atoms with Gasteiger partial charge in [0.05, 0.1) is 23.9 Å². The number of anilines is 2. The minimum Gasteiger partial charge on any atom is -0.497 e. The Morgan fingerprint density at radius 3 is 2.40 bits per heavy atom. The zero-order valence-corrected chi connectivity index (χ0v) is 25.5. The fraction of sp³-hybridized carbons (Fsp3) is 0.235. The molecule has 2 aliphatic heterocycles. The SMILES string of the molecule is COc1ccc(-c2c[nH]cc(C(=O)Nc3ccc4c(c3)NC(=O)/C4=C\c3[nH]c(C)c(C(=O)N4CCN(C)CC4)c3C)c2=O)cc1. The van der Waals surface area contributed by atoms with Gasteiger partial charge < -0.3 is 35.1 Å². The van der Waals surface area contributed by atoms with Crippen molar-refractivity contribution in [2.45, 2.75) is 13.8 Å². The molecule has 230 valence electrons. The first-order valence-corrected chi connectivity index (χ1v) is 14.7. The van der Waals surface area contributed by atoms with E-state index in [1.807, 2.05) is 25.8 Å². The Morgan fingerprint density at radius 2 is 1.69 bits per heavy atom. The second-order valence-corrected chi connectivity index (χ2v) is 11.3. The number of aromatic amines is 2. The van der Waals surface area contributed by atoms with Crippen molar-refractivity contribution >= 4 is 40.7 Å². The van der Waals surface area contributed by atoms with E-state index in [4.69, 9.17) is 4.74 Å².